The summed E-state index contributed by atoms with van der Waals surface area (Å²) in [7, 11) is 0. The van der Waals surface area contributed by atoms with Gasteiger partial charge in [0.05, 0.1) is 0 Å². The van der Waals surface area contributed by atoms with Crippen LogP contribution in [0.5, 0.6) is 0 Å². The van der Waals surface area contributed by atoms with Gasteiger partial charge in [-0.15, -0.1) is 0 Å². The molecule has 2 aromatic rings. The summed E-state index contributed by atoms with van der Waals surface area (Å²) < 4.78 is 0. The second kappa shape index (κ2) is 9.85. The van der Waals surface area contributed by atoms with E-state index < -0.39 is 0 Å². The molecule has 0 spiro atoms. The zero-order valence-corrected chi connectivity index (χ0v) is 17.1. The number of H-pyrrole nitrogens is 1. The van der Waals surface area contributed by atoms with Gasteiger partial charge in [-0.1, -0.05) is 18.6 Å². The third-order valence-electron chi connectivity index (χ3n) is 5.58. The Morgan fingerprint density at radius 1 is 1.14 bits per heavy atom. The summed E-state index contributed by atoms with van der Waals surface area (Å²) in [6.45, 7) is 11.6. The van der Waals surface area contributed by atoms with Gasteiger partial charge in [0.15, 0.2) is 0 Å². The van der Waals surface area contributed by atoms with Crippen LogP contribution in [0.1, 0.15) is 30.9 Å². The molecule has 1 aliphatic rings. The summed E-state index contributed by atoms with van der Waals surface area (Å²) in [5, 5.41) is 4.00. The number of aromatic nitrogens is 1. The minimum atomic E-state index is -0.102. The molecule has 1 aromatic carbocycles. The molecule has 0 bridgehead atoms. The molecule has 1 amide bonds. The quantitative estimate of drug-likeness (QED) is 0.683. The van der Waals surface area contributed by atoms with Crippen molar-refractivity contribution < 1.29 is 4.79 Å². The van der Waals surface area contributed by atoms with Gasteiger partial charge in [0.2, 0.25) is 5.91 Å². The van der Waals surface area contributed by atoms with Gasteiger partial charge in [-0.3, -0.25) is 9.59 Å². The lowest BCUT2D eigenvalue weighted by molar-refractivity contribution is -0.121. The predicted molar refractivity (Wildman–Crippen MR) is 114 cm³/mol. The zero-order chi connectivity index (χ0) is 19.9. The van der Waals surface area contributed by atoms with E-state index in [1.165, 1.54) is 0 Å². The Kier molecular flexibility index (Phi) is 7.23. The number of aromatic amines is 1. The highest BCUT2D eigenvalue weighted by Gasteiger charge is 2.14. The third-order valence-corrected chi connectivity index (χ3v) is 5.58. The Balaban J connectivity index is 1.39. The van der Waals surface area contributed by atoms with Crippen molar-refractivity contribution in [1.82, 2.24) is 20.1 Å². The van der Waals surface area contributed by atoms with Crippen molar-refractivity contribution in [1.29, 1.82) is 0 Å². The molecule has 0 atom stereocenters. The van der Waals surface area contributed by atoms with Crippen molar-refractivity contribution >= 4 is 16.8 Å². The van der Waals surface area contributed by atoms with E-state index in [2.05, 4.69) is 33.1 Å². The first kappa shape index (κ1) is 20.6. The Bertz CT molecular complexity index is 853. The second-order valence-electron chi connectivity index (χ2n) is 7.69. The lowest BCUT2D eigenvalue weighted by Crippen LogP contribution is -2.46. The number of fused-ring (bicyclic) bond motifs is 1. The Hall–Kier alpha value is -2.18. The number of benzene rings is 1. The molecular formula is C22H32N4O2. The van der Waals surface area contributed by atoms with Crippen LogP contribution >= 0.6 is 0 Å². The van der Waals surface area contributed by atoms with Crippen LogP contribution in [0.4, 0.5) is 0 Å². The standard InChI is InChI=1S/C22H32N4O2/c1-3-25-11-13-26(14-12-25)10-4-9-23-21(27)8-6-18-16-19-15-17(2)5-7-20(19)24-22(18)28/h5,7,15-16H,3-4,6,8-14H2,1-2H3,(H,23,27)(H,24,28). The normalized spacial score (nSPS) is 15.8. The van der Waals surface area contributed by atoms with Crippen molar-refractivity contribution in [2.45, 2.75) is 33.1 Å². The van der Waals surface area contributed by atoms with Gasteiger partial charge in [0.25, 0.3) is 5.56 Å². The number of nitrogens with one attached hydrogen (secondary N) is 2. The first-order valence-electron chi connectivity index (χ1n) is 10.4. The van der Waals surface area contributed by atoms with Gasteiger partial charge in [-0.05, 0) is 56.4 Å². The van der Waals surface area contributed by atoms with E-state index >= 15 is 0 Å². The molecule has 0 aliphatic carbocycles. The number of carbonyl (C=O) groups excluding carboxylic acids is 1. The lowest BCUT2D eigenvalue weighted by atomic mass is 10.1. The van der Waals surface area contributed by atoms with Gasteiger partial charge in [-0.25, -0.2) is 0 Å². The average Bonchev–Trinajstić information content (AvgIpc) is 2.70. The van der Waals surface area contributed by atoms with Gasteiger partial charge in [0, 0.05) is 50.2 Å². The maximum absolute atomic E-state index is 12.2. The maximum atomic E-state index is 12.2. The first-order valence-corrected chi connectivity index (χ1v) is 10.4. The van der Waals surface area contributed by atoms with Gasteiger partial charge >= 0.3 is 0 Å². The number of pyridine rings is 1. The zero-order valence-electron chi connectivity index (χ0n) is 17.1. The molecule has 2 heterocycles. The summed E-state index contributed by atoms with van der Waals surface area (Å²) in [6, 6.07) is 7.86. The number of hydrogen-bond donors (Lipinski definition) is 2. The molecule has 152 valence electrons. The Morgan fingerprint density at radius 2 is 1.89 bits per heavy atom. The molecule has 3 rings (SSSR count). The van der Waals surface area contributed by atoms with Crippen molar-refractivity contribution in [2.75, 3.05) is 45.8 Å². The van der Waals surface area contributed by atoms with E-state index in [4.69, 9.17) is 0 Å². The topological polar surface area (TPSA) is 68.4 Å². The molecule has 1 saturated heterocycles. The van der Waals surface area contributed by atoms with E-state index in [9.17, 15) is 9.59 Å². The molecule has 0 radical (unpaired) electrons. The molecule has 1 aliphatic heterocycles. The van der Waals surface area contributed by atoms with E-state index in [0.29, 0.717) is 24.9 Å². The molecule has 2 N–H and O–H groups in total. The minimum absolute atomic E-state index is 0.0135. The van der Waals surface area contributed by atoms with Crippen molar-refractivity contribution in [3.05, 3.63) is 45.7 Å². The molecule has 28 heavy (non-hydrogen) atoms. The van der Waals surface area contributed by atoms with Gasteiger partial charge < -0.3 is 20.1 Å². The highest BCUT2D eigenvalue weighted by atomic mass is 16.1. The molecule has 0 saturated carbocycles. The fourth-order valence-corrected chi connectivity index (χ4v) is 3.75. The van der Waals surface area contributed by atoms with E-state index in [-0.39, 0.29) is 11.5 Å². The van der Waals surface area contributed by atoms with Crippen LogP contribution in [-0.2, 0) is 11.2 Å². The molecular weight excluding hydrogens is 352 g/mol. The number of nitrogens with zero attached hydrogens (tertiary/aromatic N) is 2. The van der Waals surface area contributed by atoms with Crippen LogP contribution in [0, 0.1) is 6.92 Å². The van der Waals surface area contributed by atoms with Crippen molar-refractivity contribution in [3.8, 4) is 0 Å². The monoisotopic (exact) mass is 384 g/mol. The summed E-state index contributed by atoms with van der Waals surface area (Å²) in [5.41, 5.74) is 2.56. The van der Waals surface area contributed by atoms with Crippen LogP contribution < -0.4 is 10.9 Å². The minimum Gasteiger partial charge on any atom is -0.356 e. The van der Waals surface area contributed by atoms with Crippen molar-refractivity contribution in [3.63, 3.8) is 0 Å². The SMILES string of the molecule is CCN1CCN(CCCNC(=O)CCc2cc3cc(C)ccc3[nH]c2=O)CC1. The number of rotatable bonds is 8. The highest BCUT2D eigenvalue weighted by Crippen LogP contribution is 2.13. The molecule has 6 nitrogen and oxygen atoms in total. The number of amides is 1. The summed E-state index contributed by atoms with van der Waals surface area (Å²) >= 11 is 0. The van der Waals surface area contributed by atoms with E-state index in [0.717, 1.165) is 62.2 Å². The van der Waals surface area contributed by atoms with Crippen molar-refractivity contribution in [2.24, 2.45) is 0 Å². The van der Waals surface area contributed by atoms with Crippen LogP contribution in [0.15, 0.2) is 29.1 Å². The number of hydrogen-bond acceptors (Lipinski definition) is 4. The largest absolute Gasteiger partial charge is 0.356 e. The molecule has 1 fully saturated rings. The highest BCUT2D eigenvalue weighted by molar-refractivity contribution is 5.80. The smallest absolute Gasteiger partial charge is 0.251 e. The lowest BCUT2D eigenvalue weighted by Gasteiger charge is -2.33. The number of piperazine rings is 1. The second-order valence-corrected chi connectivity index (χ2v) is 7.69. The molecule has 6 heteroatoms. The Labute approximate surface area is 166 Å². The summed E-state index contributed by atoms with van der Waals surface area (Å²) in [4.78, 5) is 32.2. The fourth-order valence-electron chi connectivity index (χ4n) is 3.75. The van der Waals surface area contributed by atoms with Crippen LogP contribution in [-0.4, -0.2) is 66.5 Å². The predicted octanol–water partition coefficient (Wildman–Crippen LogP) is 1.91. The van der Waals surface area contributed by atoms with E-state index in [1.807, 2.05) is 25.1 Å². The Morgan fingerprint density at radius 3 is 2.64 bits per heavy atom. The van der Waals surface area contributed by atoms with Gasteiger partial charge in [-0.2, -0.15) is 0 Å². The molecule has 0 unspecified atom stereocenters. The maximum Gasteiger partial charge on any atom is 0.251 e. The van der Waals surface area contributed by atoms with Gasteiger partial charge in [0.1, 0.15) is 0 Å². The molecule has 1 aromatic heterocycles. The number of likely N-dealkylation sites (N-methyl/N-ethyl adjacent to an activating group) is 1. The van der Waals surface area contributed by atoms with Crippen LogP contribution in [0.3, 0.4) is 0 Å². The van der Waals surface area contributed by atoms with Crippen LogP contribution in [0.2, 0.25) is 0 Å². The first-order chi connectivity index (χ1) is 13.5. The third kappa shape index (κ3) is 5.66. The van der Waals surface area contributed by atoms with E-state index in [1.54, 1.807) is 0 Å². The number of carbonyl (C=O) groups is 1. The van der Waals surface area contributed by atoms with Crippen LogP contribution in [0.25, 0.3) is 10.9 Å². The average molecular weight is 385 g/mol. The summed E-state index contributed by atoms with van der Waals surface area (Å²) in [5.74, 6) is 0.0135. The number of aryl methyl sites for hydroxylation is 2. The fraction of sp³-hybridized carbons (Fsp3) is 0.545. The summed E-state index contributed by atoms with van der Waals surface area (Å²) in [6.07, 6.45) is 1.77.